The van der Waals surface area contributed by atoms with Crippen LogP contribution in [0.1, 0.15) is 38.5 Å². The number of nitrogens with zero attached hydrogens (tertiary/aromatic N) is 1. The summed E-state index contributed by atoms with van der Waals surface area (Å²) in [6.45, 7) is 0.733. The van der Waals surface area contributed by atoms with Gasteiger partial charge in [0.25, 0.3) is 0 Å². The first kappa shape index (κ1) is 25.8. The van der Waals surface area contributed by atoms with Crippen LogP contribution < -0.4 is 15.8 Å². The van der Waals surface area contributed by atoms with Gasteiger partial charge in [0.05, 0.1) is 6.54 Å². The largest absolute Gasteiger partial charge is 0.481 e. The Labute approximate surface area is 202 Å². The van der Waals surface area contributed by atoms with Crippen molar-refractivity contribution in [1.29, 1.82) is 5.41 Å². The molecule has 11 nitrogen and oxygen atoms in total. The molecule has 0 fully saturated rings. The van der Waals surface area contributed by atoms with Gasteiger partial charge in [0.2, 0.25) is 5.91 Å². The van der Waals surface area contributed by atoms with Crippen LogP contribution in [0, 0.1) is 11.2 Å². The molecule has 186 valence electrons. The molecule has 0 saturated heterocycles. The number of carbonyl (C=O) groups is 4. The van der Waals surface area contributed by atoms with Crippen LogP contribution >= 0.6 is 11.3 Å². The van der Waals surface area contributed by atoms with E-state index in [0.29, 0.717) is 19.5 Å². The van der Waals surface area contributed by atoms with Crippen molar-refractivity contribution in [1.82, 2.24) is 10.2 Å². The number of ether oxygens (including phenoxy) is 1. The number of nitrogens with two attached hydrogens (primary N) is 1. The molecule has 2 heterocycles. The first-order chi connectivity index (χ1) is 16.5. The summed E-state index contributed by atoms with van der Waals surface area (Å²) in [7, 11) is 0. The number of carboxylic acid groups (broad SMARTS) is 2. The second-order valence-corrected chi connectivity index (χ2v) is 9.00. The van der Waals surface area contributed by atoms with E-state index in [-0.39, 0.29) is 41.4 Å². The predicted molar refractivity (Wildman–Crippen MR) is 122 cm³/mol. The fourth-order valence-corrected chi connectivity index (χ4v) is 4.61. The van der Waals surface area contributed by atoms with E-state index in [1.165, 1.54) is 12.1 Å². The van der Waals surface area contributed by atoms with Crippen molar-refractivity contribution in [3.8, 4) is 5.75 Å². The van der Waals surface area contributed by atoms with Crippen molar-refractivity contribution < 1.29 is 38.5 Å². The summed E-state index contributed by atoms with van der Waals surface area (Å²) >= 11 is 1.15. The molecule has 0 bridgehead atoms. The Kier molecular flexibility index (Phi) is 8.14. The number of thiophene rings is 1. The molecule has 0 radical (unpaired) electrons. The lowest BCUT2D eigenvalue weighted by atomic mass is 10.1. The molecule has 1 atom stereocenters. The predicted octanol–water partition coefficient (Wildman–Crippen LogP) is 1.18. The fourth-order valence-electron chi connectivity index (χ4n) is 3.48. The van der Waals surface area contributed by atoms with Gasteiger partial charge in [0, 0.05) is 30.0 Å². The topological polar surface area (TPSA) is 183 Å². The van der Waals surface area contributed by atoms with Gasteiger partial charge in [-0.3, -0.25) is 19.9 Å². The summed E-state index contributed by atoms with van der Waals surface area (Å²) in [5, 5.41) is 27.6. The zero-order valence-corrected chi connectivity index (χ0v) is 19.2. The van der Waals surface area contributed by atoms with Crippen molar-refractivity contribution in [2.75, 3.05) is 13.1 Å². The number of hydrogen-bond donors (Lipinski definition) is 5. The number of aliphatic carboxylic acids is 2. The Morgan fingerprint density at radius 1 is 1.26 bits per heavy atom. The molecular weight excluding hydrogens is 483 g/mol. The monoisotopic (exact) mass is 506 g/mol. The number of carbonyl (C=O) groups excluding carboxylic acids is 2. The highest BCUT2D eigenvalue weighted by Gasteiger charge is 2.26. The van der Waals surface area contributed by atoms with Crippen molar-refractivity contribution >= 4 is 41.0 Å². The molecule has 6 N–H and O–H groups in total. The third-order valence-corrected chi connectivity index (χ3v) is 6.40. The highest BCUT2D eigenvalue weighted by Crippen LogP contribution is 2.29. The molecule has 1 aliphatic rings. The number of esters is 1. The lowest BCUT2D eigenvalue weighted by Crippen LogP contribution is -2.46. The molecule has 0 spiro atoms. The van der Waals surface area contributed by atoms with E-state index in [2.05, 4.69) is 5.32 Å². The number of amidine groups is 1. The van der Waals surface area contributed by atoms with E-state index in [9.17, 15) is 28.7 Å². The van der Waals surface area contributed by atoms with Crippen LogP contribution in [0.2, 0.25) is 0 Å². The van der Waals surface area contributed by atoms with Crippen molar-refractivity contribution in [2.45, 2.75) is 31.8 Å². The SMILES string of the molecule is N=C(N)c1ccc(OC(=O)c2cc3c(s2)CN(CC(=O)N[C@@H](CCC(=O)O)C(=O)O)CC3)c(F)c1. The Morgan fingerprint density at radius 2 is 2.00 bits per heavy atom. The quantitative estimate of drug-likeness (QED) is 0.137. The van der Waals surface area contributed by atoms with Crippen LogP contribution in [0.5, 0.6) is 5.75 Å². The van der Waals surface area contributed by atoms with Crippen LogP contribution in [0.15, 0.2) is 24.3 Å². The van der Waals surface area contributed by atoms with E-state index >= 15 is 0 Å². The molecule has 0 aliphatic carbocycles. The van der Waals surface area contributed by atoms with Crippen LogP contribution in [0.4, 0.5) is 4.39 Å². The van der Waals surface area contributed by atoms with Gasteiger partial charge in [-0.15, -0.1) is 11.3 Å². The minimum absolute atomic E-state index is 0.0956. The zero-order chi connectivity index (χ0) is 25.7. The first-order valence-electron chi connectivity index (χ1n) is 10.5. The van der Waals surface area contributed by atoms with Gasteiger partial charge >= 0.3 is 17.9 Å². The number of halogens is 1. The Morgan fingerprint density at radius 3 is 2.63 bits per heavy atom. The Balaban J connectivity index is 1.59. The van der Waals surface area contributed by atoms with E-state index in [1.54, 1.807) is 11.0 Å². The molecule has 1 aromatic heterocycles. The van der Waals surface area contributed by atoms with Crippen LogP contribution in [0.3, 0.4) is 0 Å². The van der Waals surface area contributed by atoms with Gasteiger partial charge in [-0.2, -0.15) is 0 Å². The summed E-state index contributed by atoms with van der Waals surface area (Å²) < 4.78 is 19.3. The van der Waals surface area contributed by atoms with Crippen molar-refractivity contribution in [3.63, 3.8) is 0 Å². The number of nitrogens with one attached hydrogen (secondary N) is 2. The first-order valence-corrected chi connectivity index (χ1v) is 11.3. The van der Waals surface area contributed by atoms with Gasteiger partial charge in [0.15, 0.2) is 11.6 Å². The average molecular weight is 507 g/mol. The van der Waals surface area contributed by atoms with Gasteiger partial charge in [0.1, 0.15) is 16.8 Å². The van der Waals surface area contributed by atoms with Gasteiger partial charge < -0.3 is 26.0 Å². The summed E-state index contributed by atoms with van der Waals surface area (Å²) in [6, 6.07) is 3.95. The van der Waals surface area contributed by atoms with E-state index in [0.717, 1.165) is 27.8 Å². The normalized spacial score (nSPS) is 14.0. The van der Waals surface area contributed by atoms with E-state index < -0.39 is 35.7 Å². The summed E-state index contributed by atoms with van der Waals surface area (Å²) in [6.07, 6.45) is -0.0758. The summed E-state index contributed by atoms with van der Waals surface area (Å²) in [4.78, 5) is 49.6. The number of hydrogen-bond acceptors (Lipinski definition) is 8. The van der Waals surface area contributed by atoms with Crippen LogP contribution in [-0.4, -0.2) is 63.9 Å². The van der Waals surface area contributed by atoms with Gasteiger partial charge in [-0.05, 0) is 42.7 Å². The van der Waals surface area contributed by atoms with Crippen LogP contribution in [-0.2, 0) is 27.3 Å². The molecule has 0 unspecified atom stereocenters. The highest BCUT2D eigenvalue weighted by molar-refractivity contribution is 7.14. The van der Waals surface area contributed by atoms with Gasteiger partial charge in [-0.25, -0.2) is 14.0 Å². The Hall–Kier alpha value is -3.84. The molecule has 1 aromatic carbocycles. The maximum absolute atomic E-state index is 14.2. The zero-order valence-electron chi connectivity index (χ0n) is 18.4. The van der Waals surface area contributed by atoms with E-state index in [1.807, 2.05) is 0 Å². The minimum Gasteiger partial charge on any atom is -0.481 e. The maximum Gasteiger partial charge on any atom is 0.353 e. The molecule has 3 rings (SSSR count). The van der Waals surface area contributed by atoms with Gasteiger partial charge in [-0.1, -0.05) is 0 Å². The maximum atomic E-state index is 14.2. The number of carboxylic acids is 2. The number of nitrogen functional groups attached to an aromatic ring is 1. The smallest absolute Gasteiger partial charge is 0.353 e. The summed E-state index contributed by atoms with van der Waals surface area (Å²) in [5.41, 5.74) is 6.38. The van der Waals surface area contributed by atoms with Crippen molar-refractivity contribution in [2.24, 2.45) is 5.73 Å². The van der Waals surface area contributed by atoms with Crippen molar-refractivity contribution in [3.05, 3.63) is 51.0 Å². The minimum atomic E-state index is -1.31. The number of fused-ring (bicyclic) bond motifs is 1. The molecule has 2 aromatic rings. The molecule has 13 heteroatoms. The second kappa shape index (κ2) is 11.1. The molecule has 35 heavy (non-hydrogen) atoms. The highest BCUT2D eigenvalue weighted by atomic mass is 32.1. The molecule has 1 aliphatic heterocycles. The average Bonchev–Trinajstić information content (AvgIpc) is 3.21. The summed E-state index contributed by atoms with van der Waals surface area (Å²) in [5.74, 6) is -5.19. The Bertz CT molecular complexity index is 1180. The molecule has 1 amide bonds. The third kappa shape index (κ3) is 6.83. The van der Waals surface area contributed by atoms with Crippen LogP contribution in [0.25, 0.3) is 0 Å². The number of rotatable bonds is 10. The third-order valence-electron chi connectivity index (χ3n) is 5.26. The second-order valence-electron chi connectivity index (χ2n) is 7.86. The fraction of sp³-hybridized carbons (Fsp3) is 0.318. The standard InChI is InChI=1S/C22H23FN4O7S/c23-13-7-12(20(24)25)1-3-15(13)34-22(33)16-8-11-5-6-27(9-17(11)35-16)10-18(28)26-14(21(31)32)2-4-19(29)30/h1,3,7-8,14H,2,4-6,9-10H2,(H3,24,25)(H,26,28)(H,29,30)(H,31,32)/t14-/m0/s1. The lowest BCUT2D eigenvalue weighted by molar-refractivity contribution is -0.143. The molecular formula is C22H23FN4O7S. The number of benzene rings is 1. The van der Waals surface area contributed by atoms with E-state index in [4.69, 9.17) is 21.0 Å². The number of amides is 1. The molecule has 0 saturated carbocycles. The lowest BCUT2D eigenvalue weighted by Gasteiger charge is -2.26.